The number of likely N-dealkylation sites (N-methyl/N-ethyl adjacent to an activating group) is 1. The maximum Gasteiger partial charge on any atom is 0.0110 e. The van der Waals surface area contributed by atoms with Crippen LogP contribution in [0.1, 0.15) is 25.7 Å². The minimum absolute atomic E-state index is 0.875. The smallest absolute Gasteiger partial charge is 0.0110 e. The molecular formula is C15H32N4. The maximum atomic E-state index is 3.60. The molecule has 0 spiro atoms. The Labute approximate surface area is 119 Å². The Kier molecular flexibility index (Phi) is 6.57. The van der Waals surface area contributed by atoms with Crippen molar-refractivity contribution in [2.45, 2.75) is 31.7 Å². The normalized spacial score (nSPS) is 22.3. The number of nitrogens with zero attached hydrogens (tertiary/aromatic N) is 3. The third kappa shape index (κ3) is 6.70. The predicted molar refractivity (Wildman–Crippen MR) is 81.7 cm³/mol. The summed E-state index contributed by atoms with van der Waals surface area (Å²) in [6, 6.07) is 0.875. The molecule has 2 rings (SSSR count). The molecule has 0 radical (unpaired) electrons. The maximum absolute atomic E-state index is 3.60. The van der Waals surface area contributed by atoms with Gasteiger partial charge in [0, 0.05) is 45.3 Å². The number of piperazine rings is 1. The van der Waals surface area contributed by atoms with Crippen molar-refractivity contribution in [3.63, 3.8) is 0 Å². The number of hydrogen-bond acceptors (Lipinski definition) is 4. The molecule has 112 valence electrons. The summed E-state index contributed by atoms with van der Waals surface area (Å²) < 4.78 is 0. The van der Waals surface area contributed by atoms with Crippen LogP contribution in [0.3, 0.4) is 0 Å². The molecule has 19 heavy (non-hydrogen) atoms. The minimum atomic E-state index is 0.875. The van der Waals surface area contributed by atoms with E-state index in [-0.39, 0.29) is 0 Å². The number of nitrogens with one attached hydrogen (secondary N) is 1. The Hall–Kier alpha value is -0.160. The fourth-order valence-corrected chi connectivity index (χ4v) is 2.63. The zero-order valence-corrected chi connectivity index (χ0v) is 12.9. The fourth-order valence-electron chi connectivity index (χ4n) is 2.63. The molecule has 0 atom stereocenters. The van der Waals surface area contributed by atoms with E-state index in [1.54, 1.807) is 0 Å². The van der Waals surface area contributed by atoms with Crippen LogP contribution in [0.4, 0.5) is 0 Å². The van der Waals surface area contributed by atoms with Crippen molar-refractivity contribution in [2.24, 2.45) is 0 Å². The highest BCUT2D eigenvalue weighted by molar-refractivity contribution is 4.80. The Balaban J connectivity index is 1.43. The minimum Gasteiger partial charge on any atom is -0.314 e. The van der Waals surface area contributed by atoms with Crippen molar-refractivity contribution in [1.82, 2.24) is 20.0 Å². The summed E-state index contributed by atoms with van der Waals surface area (Å²) in [4.78, 5) is 7.52. The van der Waals surface area contributed by atoms with E-state index in [0.717, 1.165) is 6.04 Å². The van der Waals surface area contributed by atoms with Crippen molar-refractivity contribution < 1.29 is 0 Å². The molecule has 0 amide bonds. The summed E-state index contributed by atoms with van der Waals surface area (Å²) in [6.07, 6.45) is 5.53. The van der Waals surface area contributed by atoms with Crippen LogP contribution >= 0.6 is 0 Å². The molecule has 0 aromatic carbocycles. The highest BCUT2D eigenvalue weighted by Crippen LogP contribution is 2.18. The van der Waals surface area contributed by atoms with Crippen LogP contribution in [0, 0.1) is 0 Å². The van der Waals surface area contributed by atoms with Gasteiger partial charge in [-0.3, -0.25) is 4.90 Å². The van der Waals surface area contributed by atoms with Gasteiger partial charge in [-0.2, -0.15) is 0 Å². The van der Waals surface area contributed by atoms with E-state index in [1.807, 2.05) is 0 Å². The first-order valence-electron chi connectivity index (χ1n) is 8.07. The number of hydrogen-bond donors (Lipinski definition) is 1. The van der Waals surface area contributed by atoms with Gasteiger partial charge in [0.25, 0.3) is 0 Å². The van der Waals surface area contributed by atoms with E-state index in [1.165, 1.54) is 78.0 Å². The van der Waals surface area contributed by atoms with E-state index in [2.05, 4.69) is 34.1 Å². The summed E-state index contributed by atoms with van der Waals surface area (Å²) in [6.45, 7) is 10.00. The molecule has 0 bridgehead atoms. The molecule has 4 nitrogen and oxygen atoms in total. The third-order valence-electron chi connectivity index (χ3n) is 4.24. The molecule has 2 fully saturated rings. The van der Waals surface area contributed by atoms with Crippen molar-refractivity contribution in [2.75, 3.05) is 66.5 Å². The van der Waals surface area contributed by atoms with Crippen LogP contribution in [0.15, 0.2) is 0 Å². The van der Waals surface area contributed by atoms with Gasteiger partial charge in [-0.25, -0.2) is 0 Å². The Morgan fingerprint density at radius 1 is 0.947 bits per heavy atom. The number of unbranched alkanes of at least 4 members (excludes halogenated alkanes) is 1. The second kappa shape index (κ2) is 8.20. The molecule has 0 aromatic rings. The van der Waals surface area contributed by atoms with Crippen molar-refractivity contribution in [3.05, 3.63) is 0 Å². The summed E-state index contributed by atoms with van der Waals surface area (Å²) in [5, 5.41) is 3.60. The van der Waals surface area contributed by atoms with E-state index in [9.17, 15) is 0 Å². The highest BCUT2D eigenvalue weighted by Gasteiger charge is 2.19. The van der Waals surface area contributed by atoms with Gasteiger partial charge in [0.1, 0.15) is 0 Å². The van der Waals surface area contributed by atoms with E-state index in [4.69, 9.17) is 0 Å². The molecular weight excluding hydrogens is 236 g/mol. The monoisotopic (exact) mass is 268 g/mol. The molecule has 1 aliphatic carbocycles. The lowest BCUT2D eigenvalue weighted by molar-refractivity contribution is 0.124. The first-order chi connectivity index (χ1) is 9.24. The third-order valence-corrected chi connectivity index (χ3v) is 4.24. The Bertz CT molecular complexity index is 230. The van der Waals surface area contributed by atoms with Crippen LogP contribution in [-0.4, -0.2) is 87.2 Å². The molecule has 1 saturated heterocycles. The second-order valence-electron chi connectivity index (χ2n) is 6.42. The van der Waals surface area contributed by atoms with Crippen molar-refractivity contribution in [1.29, 1.82) is 0 Å². The summed E-state index contributed by atoms with van der Waals surface area (Å²) in [5.41, 5.74) is 0. The summed E-state index contributed by atoms with van der Waals surface area (Å²) >= 11 is 0. The average Bonchev–Trinajstić information content (AvgIpc) is 3.21. The highest BCUT2D eigenvalue weighted by atomic mass is 15.3. The molecule has 0 aromatic heterocycles. The fraction of sp³-hybridized carbons (Fsp3) is 1.00. The SMILES string of the molecule is CN(C)CCN1CCN(CCCCNC2CC2)CC1. The molecule has 2 aliphatic rings. The Morgan fingerprint density at radius 3 is 2.16 bits per heavy atom. The van der Waals surface area contributed by atoms with Gasteiger partial charge < -0.3 is 15.1 Å². The van der Waals surface area contributed by atoms with Gasteiger partial charge in [0.2, 0.25) is 0 Å². The lowest BCUT2D eigenvalue weighted by Gasteiger charge is -2.35. The van der Waals surface area contributed by atoms with Crippen molar-refractivity contribution in [3.8, 4) is 0 Å². The van der Waals surface area contributed by atoms with E-state index >= 15 is 0 Å². The molecule has 0 unspecified atom stereocenters. The largest absolute Gasteiger partial charge is 0.314 e. The Morgan fingerprint density at radius 2 is 1.58 bits per heavy atom. The van der Waals surface area contributed by atoms with Gasteiger partial charge in [-0.05, 0) is 52.9 Å². The summed E-state index contributed by atoms with van der Waals surface area (Å²) in [7, 11) is 4.32. The van der Waals surface area contributed by atoms with Gasteiger partial charge in [0.05, 0.1) is 0 Å². The van der Waals surface area contributed by atoms with Crippen LogP contribution in [0.2, 0.25) is 0 Å². The quantitative estimate of drug-likeness (QED) is 0.621. The first kappa shape index (κ1) is 15.2. The standard InChI is InChI=1S/C15H32N4/c1-17(2)9-10-19-13-11-18(12-14-19)8-4-3-7-16-15-5-6-15/h15-16H,3-14H2,1-2H3. The van der Waals surface area contributed by atoms with Crippen LogP contribution in [0.5, 0.6) is 0 Å². The second-order valence-corrected chi connectivity index (χ2v) is 6.42. The van der Waals surface area contributed by atoms with Crippen LogP contribution in [0.25, 0.3) is 0 Å². The van der Waals surface area contributed by atoms with Crippen LogP contribution in [-0.2, 0) is 0 Å². The topological polar surface area (TPSA) is 21.8 Å². The van der Waals surface area contributed by atoms with Crippen molar-refractivity contribution >= 4 is 0 Å². The average molecular weight is 268 g/mol. The lowest BCUT2D eigenvalue weighted by atomic mass is 10.2. The lowest BCUT2D eigenvalue weighted by Crippen LogP contribution is -2.48. The summed E-state index contributed by atoms with van der Waals surface area (Å²) in [5.74, 6) is 0. The molecule has 1 heterocycles. The molecule has 1 N–H and O–H groups in total. The predicted octanol–water partition coefficient (Wildman–Crippen LogP) is 0.698. The van der Waals surface area contributed by atoms with Gasteiger partial charge >= 0.3 is 0 Å². The first-order valence-corrected chi connectivity index (χ1v) is 8.07. The van der Waals surface area contributed by atoms with Gasteiger partial charge in [0.15, 0.2) is 0 Å². The van der Waals surface area contributed by atoms with Gasteiger partial charge in [-0.1, -0.05) is 0 Å². The molecule has 4 heteroatoms. The van der Waals surface area contributed by atoms with Crippen LogP contribution < -0.4 is 5.32 Å². The van der Waals surface area contributed by atoms with Gasteiger partial charge in [-0.15, -0.1) is 0 Å². The zero-order chi connectivity index (χ0) is 13.5. The van der Waals surface area contributed by atoms with E-state index in [0.29, 0.717) is 0 Å². The molecule has 1 aliphatic heterocycles. The zero-order valence-electron chi connectivity index (χ0n) is 12.9. The number of rotatable bonds is 9. The molecule has 1 saturated carbocycles. The van der Waals surface area contributed by atoms with E-state index < -0.39 is 0 Å².